The van der Waals surface area contributed by atoms with E-state index >= 15 is 0 Å². The number of imidazole rings is 1. The van der Waals surface area contributed by atoms with Gasteiger partial charge in [-0.2, -0.15) is 0 Å². The number of unbranched alkanes of at least 4 members (excludes halogenated alkanes) is 2. The summed E-state index contributed by atoms with van der Waals surface area (Å²) < 4.78 is 2.35. The van der Waals surface area contributed by atoms with Crippen LogP contribution in [0.15, 0.2) is 36.4 Å². The van der Waals surface area contributed by atoms with Gasteiger partial charge >= 0.3 is 0 Å². The highest BCUT2D eigenvalue weighted by Crippen LogP contribution is 2.18. The fourth-order valence-corrected chi connectivity index (χ4v) is 2.75. The van der Waals surface area contributed by atoms with Gasteiger partial charge in [0.05, 0.1) is 11.0 Å². The molecule has 23 heavy (non-hydrogen) atoms. The zero-order valence-corrected chi connectivity index (χ0v) is 14.2. The van der Waals surface area contributed by atoms with Crippen LogP contribution in [0.1, 0.15) is 45.4 Å². The molecule has 0 saturated carbocycles. The third kappa shape index (κ3) is 4.95. The molecular formula is C19H27N3O. The van der Waals surface area contributed by atoms with E-state index in [2.05, 4.69) is 35.0 Å². The molecule has 0 aliphatic carbocycles. The number of aromatic nitrogens is 2. The summed E-state index contributed by atoms with van der Waals surface area (Å²) in [5, 5.41) is 2.90. The minimum Gasteiger partial charge on any atom is -0.353 e. The van der Waals surface area contributed by atoms with Crippen LogP contribution in [0.3, 0.4) is 0 Å². The number of hydrogen-bond acceptors (Lipinski definition) is 2. The van der Waals surface area contributed by atoms with E-state index in [1.54, 1.807) is 12.2 Å². The van der Waals surface area contributed by atoms with Crippen molar-refractivity contribution in [2.24, 2.45) is 0 Å². The van der Waals surface area contributed by atoms with Crippen LogP contribution in [-0.2, 0) is 17.8 Å². The number of allylic oxidation sites excluding steroid dienone is 1. The lowest BCUT2D eigenvalue weighted by Gasteiger charge is -2.09. The summed E-state index contributed by atoms with van der Waals surface area (Å²) in [4.78, 5) is 16.2. The molecule has 1 N–H and O–H groups in total. The first-order valence-corrected chi connectivity index (χ1v) is 8.61. The largest absolute Gasteiger partial charge is 0.353 e. The fourth-order valence-electron chi connectivity index (χ4n) is 2.75. The Morgan fingerprint density at radius 1 is 1.26 bits per heavy atom. The van der Waals surface area contributed by atoms with Crippen molar-refractivity contribution in [2.45, 2.75) is 52.5 Å². The van der Waals surface area contributed by atoms with Gasteiger partial charge in [-0.1, -0.05) is 38.0 Å². The number of aryl methyl sites for hydroxylation is 2. The average molecular weight is 313 g/mol. The van der Waals surface area contributed by atoms with Gasteiger partial charge in [-0.3, -0.25) is 4.79 Å². The van der Waals surface area contributed by atoms with Gasteiger partial charge in [-0.05, 0) is 38.0 Å². The molecule has 4 nitrogen and oxygen atoms in total. The third-order valence-electron chi connectivity index (χ3n) is 3.91. The molecule has 0 fully saturated rings. The van der Waals surface area contributed by atoms with E-state index in [-0.39, 0.29) is 5.91 Å². The van der Waals surface area contributed by atoms with Crippen LogP contribution in [0.5, 0.6) is 0 Å². The van der Waals surface area contributed by atoms with Gasteiger partial charge in [0.1, 0.15) is 5.82 Å². The Balaban J connectivity index is 2.00. The standard InChI is InChI=1S/C19H27N3O/c1-3-5-8-15-22-17-12-7-6-11-16(17)21-18(22)13-9-14-20-19(23)10-4-2/h4,6-7,10-12H,3,5,8-9,13-15H2,1-2H3,(H,20,23)/b10-4-. The topological polar surface area (TPSA) is 46.9 Å². The lowest BCUT2D eigenvalue weighted by atomic mass is 10.2. The van der Waals surface area contributed by atoms with Crippen molar-refractivity contribution >= 4 is 16.9 Å². The number of carbonyl (C=O) groups excluding carboxylic acids is 1. The number of benzene rings is 1. The Hall–Kier alpha value is -2.10. The third-order valence-corrected chi connectivity index (χ3v) is 3.91. The zero-order chi connectivity index (χ0) is 16.5. The normalized spacial score (nSPS) is 11.4. The summed E-state index contributed by atoms with van der Waals surface area (Å²) in [6.07, 6.45) is 8.74. The summed E-state index contributed by atoms with van der Waals surface area (Å²) in [7, 11) is 0. The molecule has 1 aromatic heterocycles. The molecule has 0 radical (unpaired) electrons. The minimum absolute atomic E-state index is 0.0241. The maximum atomic E-state index is 11.4. The van der Waals surface area contributed by atoms with Crippen molar-refractivity contribution in [1.29, 1.82) is 0 Å². The molecule has 124 valence electrons. The predicted octanol–water partition coefficient (Wildman–Crippen LogP) is 3.85. The van der Waals surface area contributed by atoms with Crippen LogP contribution in [0.25, 0.3) is 11.0 Å². The molecule has 0 atom stereocenters. The first-order chi connectivity index (χ1) is 11.3. The van der Waals surface area contributed by atoms with Crippen molar-refractivity contribution in [3.63, 3.8) is 0 Å². The molecule has 2 rings (SSSR count). The molecule has 0 aliphatic heterocycles. The molecule has 0 unspecified atom stereocenters. The Morgan fingerprint density at radius 2 is 2.09 bits per heavy atom. The Bertz CT molecular complexity index is 658. The highest BCUT2D eigenvalue weighted by atomic mass is 16.1. The Kier molecular flexibility index (Phi) is 6.85. The number of para-hydroxylation sites is 2. The van der Waals surface area contributed by atoms with Crippen molar-refractivity contribution in [3.8, 4) is 0 Å². The first kappa shape index (κ1) is 17.3. The van der Waals surface area contributed by atoms with Crippen molar-refractivity contribution in [2.75, 3.05) is 6.54 Å². The first-order valence-electron chi connectivity index (χ1n) is 8.61. The second-order valence-corrected chi connectivity index (χ2v) is 5.77. The van der Waals surface area contributed by atoms with Gasteiger partial charge in [0.25, 0.3) is 0 Å². The lowest BCUT2D eigenvalue weighted by molar-refractivity contribution is -0.116. The van der Waals surface area contributed by atoms with Crippen molar-refractivity contribution in [1.82, 2.24) is 14.9 Å². The summed E-state index contributed by atoms with van der Waals surface area (Å²) in [5.74, 6) is 1.10. The highest BCUT2D eigenvalue weighted by molar-refractivity contribution is 5.87. The summed E-state index contributed by atoms with van der Waals surface area (Å²) in [5.41, 5.74) is 2.29. The maximum Gasteiger partial charge on any atom is 0.243 e. The number of amides is 1. The van der Waals surface area contributed by atoms with Crippen molar-refractivity contribution in [3.05, 3.63) is 42.2 Å². The van der Waals surface area contributed by atoms with E-state index < -0.39 is 0 Å². The van der Waals surface area contributed by atoms with E-state index in [1.165, 1.54) is 24.8 Å². The number of fused-ring (bicyclic) bond motifs is 1. The van der Waals surface area contributed by atoms with E-state index in [4.69, 9.17) is 4.98 Å². The summed E-state index contributed by atoms with van der Waals surface area (Å²) in [6.45, 7) is 5.77. The number of nitrogens with zero attached hydrogens (tertiary/aromatic N) is 2. The Labute approximate surface area is 138 Å². The molecule has 0 bridgehead atoms. The molecule has 0 aliphatic rings. The van der Waals surface area contributed by atoms with E-state index in [1.807, 2.05) is 13.0 Å². The predicted molar refractivity (Wildman–Crippen MR) is 95.4 cm³/mol. The maximum absolute atomic E-state index is 11.4. The van der Waals surface area contributed by atoms with Gasteiger partial charge in [-0.15, -0.1) is 0 Å². The second kappa shape index (κ2) is 9.13. The monoisotopic (exact) mass is 313 g/mol. The van der Waals surface area contributed by atoms with Crippen LogP contribution in [0.2, 0.25) is 0 Å². The van der Waals surface area contributed by atoms with Crippen LogP contribution in [0.4, 0.5) is 0 Å². The molecule has 1 heterocycles. The van der Waals surface area contributed by atoms with Crippen LogP contribution in [0, 0.1) is 0 Å². The molecule has 1 amide bonds. The molecule has 0 spiro atoms. The molecule has 1 aromatic carbocycles. The number of hydrogen-bond donors (Lipinski definition) is 1. The van der Waals surface area contributed by atoms with Gasteiger partial charge in [-0.25, -0.2) is 4.98 Å². The number of carbonyl (C=O) groups is 1. The number of nitrogens with one attached hydrogen (secondary N) is 1. The smallest absolute Gasteiger partial charge is 0.243 e. The van der Waals surface area contributed by atoms with Gasteiger partial charge in [0.2, 0.25) is 5.91 Å². The molecular weight excluding hydrogens is 286 g/mol. The minimum atomic E-state index is -0.0241. The summed E-state index contributed by atoms with van der Waals surface area (Å²) >= 11 is 0. The number of rotatable bonds is 9. The van der Waals surface area contributed by atoms with E-state index in [9.17, 15) is 4.79 Å². The van der Waals surface area contributed by atoms with Crippen LogP contribution >= 0.6 is 0 Å². The Morgan fingerprint density at radius 3 is 2.87 bits per heavy atom. The SMILES string of the molecule is C/C=C\C(=O)NCCCc1nc2ccccc2n1CCCCC. The van der Waals surface area contributed by atoms with E-state index in [0.717, 1.165) is 30.7 Å². The van der Waals surface area contributed by atoms with Crippen LogP contribution < -0.4 is 5.32 Å². The van der Waals surface area contributed by atoms with E-state index in [0.29, 0.717) is 6.54 Å². The van der Waals surface area contributed by atoms with Gasteiger partial charge in [0.15, 0.2) is 0 Å². The lowest BCUT2D eigenvalue weighted by Crippen LogP contribution is -2.22. The molecule has 4 heteroatoms. The average Bonchev–Trinajstić information content (AvgIpc) is 2.90. The van der Waals surface area contributed by atoms with Gasteiger partial charge in [0, 0.05) is 19.5 Å². The van der Waals surface area contributed by atoms with Crippen molar-refractivity contribution < 1.29 is 4.79 Å². The summed E-state index contributed by atoms with van der Waals surface area (Å²) in [6, 6.07) is 8.32. The molecule has 0 saturated heterocycles. The second-order valence-electron chi connectivity index (χ2n) is 5.77. The molecule has 2 aromatic rings. The highest BCUT2D eigenvalue weighted by Gasteiger charge is 2.09. The van der Waals surface area contributed by atoms with Crippen LogP contribution in [-0.4, -0.2) is 22.0 Å². The quantitative estimate of drug-likeness (QED) is 0.564. The zero-order valence-electron chi connectivity index (χ0n) is 14.2. The van der Waals surface area contributed by atoms with Gasteiger partial charge < -0.3 is 9.88 Å². The fraction of sp³-hybridized carbons (Fsp3) is 0.474.